The van der Waals surface area contributed by atoms with Crippen LogP contribution in [0, 0.1) is 6.92 Å². The van der Waals surface area contributed by atoms with Crippen LogP contribution in [0.1, 0.15) is 27.9 Å². The average molecular weight is 383 g/mol. The van der Waals surface area contributed by atoms with Crippen LogP contribution in [-0.4, -0.2) is 33.8 Å². The van der Waals surface area contributed by atoms with Crippen molar-refractivity contribution in [2.24, 2.45) is 4.99 Å². The van der Waals surface area contributed by atoms with Crippen LogP contribution >= 0.6 is 11.3 Å². The summed E-state index contributed by atoms with van der Waals surface area (Å²) in [7, 11) is 0. The molecule has 0 saturated heterocycles. The van der Waals surface area contributed by atoms with Crippen molar-refractivity contribution in [2.45, 2.75) is 33.4 Å². The topological polar surface area (TPSA) is 67.1 Å². The smallest absolute Gasteiger partial charge is 0.191 e. The van der Waals surface area contributed by atoms with Gasteiger partial charge in [0.15, 0.2) is 5.96 Å². The zero-order chi connectivity index (χ0) is 18.9. The Labute approximate surface area is 164 Å². The Bertz CT molecular complexity index is 852. The van der Waals surface area contributed by atoms with Crippen LogP contribution in [0.5, 0.6) is 0 Å². The molecule has 0 fully saturated rings. The number of guanidine groups is 1. The van der Waals surface area contributed by atoms with Gasteiger partial charge in [-0.1, -0.05) is 30.3 Å². The molecule has 0 radical (unpaired) electrons. The molecule has 0 bridgehead atoms. The lowest BCUT2D eigenvalue weighted by molar-refractivity contribution is 0.686. The van der Waals surface area contributed by atoms with Crippen LogP contribution in [-0.2, 0) is 19.5 Å². The molecule has 0 saturated carbocycles. The summed E-state index contributed by atoms with van der Waals surface area (Å²) in [5, 5.41) is 12.2. The van der Waals surface area contributed by atoms with E-state index in [0.29, 0.717) is 6.54 Å². The molecule has 2 heterocycles. The zero-order valence-electron chi connectivity index (χ0n) is 15.9. The molecule has 0 aliphatic heterocycles. The summed E-state index contributed by atoms with van der Waals surface area (Å²) in [6, 6.07) is 10.3. The Kier molecular flexibility index (Phi) is 6.98. The Morgan fingerprint density at radius 3 is 2.74 bits per heavy atom. The van der Waals surface area contributed by atoms with Gasteiger partial charge in [-0.2, -0.15) is 5.10 Å². The van der Waals surface area contributed by atoms with Crippen molar-refractivity contribution in [3.8, 4) is 0 Å². The molecule has 0 amide bonds. The number of nitrogens with zero attached hydrogens (tertiary/aromatic N) is 4. The zero-order valence-corrected chi connectivity index (χ0v) is 16.7. The molecule has 0 aliphatic carbocycles. The normalized spacial score (nSPS) is 11.6. The van der Waals surface area contributed by atoms with Crippen LogP contribution in [0.3, 0.4) is 0 Å². The maximum Gasteiger partial charge on any atom is 0.191 e. The maximum atomic E-state index is 4.66. The monoisotopic (exact) mass is 382 g/mol. The lowest BCUT2D eigenvalue weighted by Gasteiger charge is -2.10. The van der Waals surface area contributed by atoms with Crippen LogP contribution in [0.15, 0.2) is 53.9 Å². The second-order valence-corrected chi connectivity index (χ2v) is 7.59. The van der Waals surface area contributed by atoms with Crippen LogP contribution in [0.2, 0.25) is 0 Å². The molecule has 1 aromatic carbocycles. The van der Waals surface area contributed by atoms with Gasteiger partial charge in [-0.15, -0.1) is 11.3 Å². The minimum absolute atomic E-state index is 0.598. The second-order valence-electron chi connectivity index (χ2n) is 6.27. The second kappa shape index (κ2) is 9.87. The van der Waals surface area contributed by atoms with Gasteiger partial charge in [0.25, 0.3) is 0 Å². The molecule has 0 unspecified atom stereocenters. The number of benzene rings is 1. The molecule has 2 N–H and O–H groups in total. The SMILES string of the molecule is CCNC(=NCc1cnn(Cc2ccccc2)c1)NCCc1ncc(C)s1. The minimum atomic E-state index is 0.598. The summed E-state index contributed by atoms with van der Waals surface area (Å²) in [6.07, 6.45) is 6.76. The van der Waals surface area contributed by atoms with E-state index in [2.05, 4.69) is 57.9 Å². The summed E-state index contributed by atoms with van der Waals surface area (Å²) < 4.78 is 1.95. The molecule has 7 heteroatoms. The first kappa shape index (κ1) is 19.1. The van der Waals surface area contributed by atoms with Gasteiger partial charge in [-0.3, -0.25) is 4.68 Å². The Morgan fingerprint density at radius 1 is 1.15 bits per heavy atom. The number of aromatic nitrogens is 3. The first-order valence-electron chi connectivity index (χ1n) is 9.21. The van der Waals surface area contributed by atoms with Crippen molar-refractivity contribution in [2.75, 3.05) is 13.1 Å². The Balaban J connectivity index is 1.51. The molecule has 0 atom stereocenters. The van der Waals surface area contributed by atoms with E-state index in [0.717, 1.165) is 42.6 Å². The van der Waals surface area contributed by atoms with Crippen LogP contribution in [0.4, 0.5) is 0 Å². The number of hydrogen-bond acceptors (Lipinski definition) is 4. The summed E-state index contributed by atoms with van der Waals surface area (Å²) in [6.45, 7) is 7.16. The fourth-order valence-electron chi connectivity index (χ4n) is 2.66. The van der Waals surface area contributed by atoms with E-state index >= 15 is 0 Å². The van der Waals surface area contributed by atoms with Crippen molar-refractivity contribution in [3.05, 3.63) is 69.9 Å². The quantitative estimate of drug-likeness (QED) is 0.464. The third kappa shape index (κ3) is 6.21. The lowest BCUT2D eigenvalue weighted by atomic mass is 10.2. The number of nitrogens with one attached hydrogen (secondary N) is 2. The molecule has 2 aromatic heterocycles. The standard InChI is InChI=1S/C20H26N6S/c1-3-21-20(22-10-9-19-23-11-16(2)27-19)24-12-18-13-25-26(15-18)14-17-7-5-4-6-8-17/h4-8,11,13,15H,3,9-10,12,14H2,1-2H3,(H2,21,22,24). The first-order chi connectivity index (χ1) is 13.2. The van der Waals surface area contributed by atoms with Gasteiger partial charge in [0, 0.05) is 42.3 Å². The summed E-state index contributed by atoms with van der Waals surface area (Å²) >= 11 is 1.74. The van der Waals surface area contributed by atoms with E-state index in [1.807, 2.05) is 35.3 Å². The number of aliphatic imine (C=N–C) groups is 1. The fraction of sp³-hybridized carbons (Fsp3) is 0.350. The largest absolute Gasteiger partial charge is 0.357 e. The van der Waals surface area contributed by atoms with Gasteiger partial charge in [0.1, 0.15) is 0 Å². The third-order valence-corrected chi connectivity index (χ3v) is 4.91. The number of thiazole rings is 1. The molecule has 3 aromatic rings. The maximum absolute atomic E-state index is 4.66. The summed E-state index contributed by atoms with van der Waals surface area (Å²) in [5.41, 5.74) is 2.33. The van der Waals surface area contributed by atoms with E-state index in [1.54, 1.807) is 11.3 Å². The van der Waals surface area contributed by atoms with Crippen LogP contribution < -0.4 is 10.6 Å². The highest BCUT2D eigenvalue weighted by atomic mass is 32.1. The predicted molar refractivity (Wildman–Crippen MR) is 111 cm³/mol. The van der Waals surface area contributed by atoms with E-state index in [-0.39, 0.29) is 0 Å². The summed E-state index contributed by atoms with van der Waals surface area (Å²) in [4.78, 5) is 10.3. The number of hydrogen-bond donors (Lipinski definition) is 2. The van der Waals surface area contributed by atoms with Gasteiger partial charge in [-0.25, -0.2) is 9.98 Å². The van der Waals surface area contributed by atoms with Gasteiger partial charge in [0.2, 0.25) is 0 Å². The van der Waals surface area contributed by atoms with E-state index in [4.69, 9.17) is 0 Å². The van der Waals surface area contributed by atoms with Crippen LogP contribution in [0.25, 0.3) is 0 Å². The number of aryl methyl sites for hydroxylation is 1. The molecule has 0 aliphatic rings. The van der Waals surface area contributed by atoms with Gasteiger partial charge in [-0.05, 0) is 19.4 Å². The Morgan fingerprint density at radius 2 is 2.00 bits per heavy atom. The average Bonchev–Trinajstić information content (AvgIpc) is 3.29. The minimum Gasteiger partial charge on any atom is -0.357 e. The molecule has 142 valence electrons. The van der Waals surface area contributed by atoms with Gasteiger partial charge in [0.05, 0.1) is 24.3 Å². The van der Waals surface area contributed by atoms with Crippen molar-refractivity contribution < 1.29 is 0 Å². The van der Waals surface area contributed by atoms with Gasteiger partial charge < -0.3 is 10.6 Å². The summed E-state index contributed by atoms with van der Waals surface area (Å²) in [5.74, 6) is 0.821. The highest BCUT2D eigenvalue weighted by Gasteiger charge is 2.03. The highest BCUT2D eigenvalue weighted by molar-refractivity contribution is 7.11. The van der Waals surface area contributed by atoms with Crippen molar-refractivity contribution in [1.82, 2.24) is 25.4 Å². The van der Waals surface area contributed by atoms with E-state index in [9.17, 15) is 0 Å². The van der Waals surface area contributed by atoms with E-state index < -0.39 is 0 Å². The highest BCUT2D eigenvalue weighted by Crippen LogP contribution is 2.11. The lowest BCUT2D eigenvalue weighted by Crippen LogP contribution is -2.38. The molecule has 0 spiro atoms. The third-order valence-electron chi connectivity index (χ3n) is 3.94. The van der Waals surface area contributed by atoms with Crippen molar-refractivity contribution in [1.29, 1.82) is 0 Å². The van der Waals surface area contributed by atoms with E-state index in [1.165, 1.54) is 10.4 Å². The molecule has 3 rings (SSSR count). The van der Waals surface area contributed by atoms with Crippen molar-refractivity contribution >= 4 is 17.3 Å². The number of rotatable bonds is 8. The predicted octanol–water partition coefficient (Wildman–Crippen LogP) is 2.99. The molecular weight excluding hydrogens is 356 g/mol. The molecule has 6 nitrogen and oxygen atoms in total. The Hall–Kier alpha value is -2.67. The fourth-order valence-corrected chi connectivity index (χ4v) is 3.45. The van der Waals surface area contributed by atoms with Crippen molar-refractivity contribution in [3.63, 3.8) is 0 Å². The van der Waals surface area contributed by atoms with Gasteiger partial charge >= 0.3 is 0 Å². The molecule has 27 heavy (non-hydrogen) atoms. The first-order valence-corrected chi connectivity index (χ1v) is 10.0. The molecular formula is C20H26N6S.